The molecule has 1 fully saturated rings. The number of piperidine rings is 1. The molecule has 1 aliphatic rings. The Bertz CT molecular complexity index is 894. The van der Waals surface area contributed by atoms with E-state index >= 15 is 0 Å². The van der Waals surface area contributed by atoms with Crippen molar-refractivity contribution in [3.8, 4) is 5.75 Å². The number of rotatable bonds is 9. The number of aliphatic carboxylic acids is 1. The minimum absolute atomic E-state index is 0.0762. The molecule has 0 amide bonds. The fourth-order valence-corrected chi connectivity index (χ4v) is 4.37. The minimum Gasteiger partial charge on any atom is -0.489 e. The molecule has 1 aliphatic heterocycles. The highest BCUT2D eigenvalue weighted by Gasteiger charge is 2.28. The normalized spacial score (nSPS) is 16.3. The summed E-state index contributed by atoms with van der Waals surface area (Å²) in [6.07, 6.45) is 2.94. The standard InChI is InChI=1S/C21H26N2O5S/c24-21(25)20(23-13-5-2-6-14-23)15-22-29(26,27)19-11-9-18(10-12-19)28-16-17-7-3-1-4-8-17/h1,3-4,7-12,20,22H,2,5-6,13-16H2,(H,24,25). The second kappa shape index (κ2) is 9.87. The Kier molecular flexibility index (Phi) is 7.24. The molecule has 0 radical (unpaired) electrons. The molecule has 0 bridgehead atoms. The molecule has 2 N–H and O–H groups in total. The third-order valence-corrected chi connectivity index (χ3v) is 6.41. The molecule has 2 aromatic rings. The van der Waals surface area contributed by atoms with E-state index in [4.69, 9.17) is 4.74 Å². The summed E-state index contributed by atoms with van der Waals surface area (Å²) in [4.78, 5) is 13.5. The number of hydrogen-bond acceptors (Lipinski definition) is 5. The molecule has 0 aliphatic carbocycles. The van der Waals surface area contributed by atoms with Gasteiger partial charge in [0.25, 0.3) is 0 Å². The summed E-state index contributed by atoms with van der Waals surface area (Å²) in [6, 6.07) is 14.9. The van der Waals surface area contributed by atoms with Gasteiger partial charge < -0.3 is 9.84 Å². The van der Waals surface area contributed by atoms with Crippen molar-refractivity contribution in [1.29, 1.82) is 0 Å². The Labute approximate surface area is 171 Å². The van der Waals surface area contributed by atoms with Gasteiger partial charge in [-0.2, -0.15) is 0 Å². The first-order chi connectivity index (χ1) is 14.0. The van der Waals surface area contributed by atoms with Gasteiger partial charge in [0.2, 0.25) is 10.0 Å². The average Bonchev–Trinajstić information content (AvgIpc) is 2.74. The second-order valence-electron chi connectivity index (χ2n) is 7.05. The Morgan fingerprint density at radius 1 is 1.03 bits per heavy atom. The maximum absolute atomic E-state index is 12.6. The maximum Gasteiger partial charge on any atom is 0.322 e. The summed E-state index contributed by atoms with van der Waals surface area (Å²) in [5, 5.41) is 9.49. The van der Waals surface area contributed by atoms with E-state index in [0.717, 1.165) is 24.8 Å². The molecule has 2 aromatic carbocycles. The third-order valence-electron chi connectivity index (χ3n) is 4.97. The van der Waals surface area contributed by atoms with Gasteiger partial charge in [-0.1, -0.05) is 36.8 Å². The van der Waals surface area contributed by atoms with Gasteiger partial charge in [0.1, 0.15) is 18.4 Å². The Balaban J connectivity index is 1.58. The molecular weight excluding hydrogens is 392 g/mol. The number of nitrogens with one attached hydrogen (secondary N) is 1. The quantitative estimate of drug-likeness (QED) is 0.650. The van der Waals surface area contributed by atoms with E-state index in [1.807, 2.05) is 35.2 Å². The van der Waals surface area contributed by atoms with Crippen molar-refractivity contribution < 1.29 is 23.1 Å². The van der Waals surface area contributed by atoms with Crippen LogP contribution in [0.3, 0.4) is 0 Å². The van der Waals surface area contributed by atoms with Crippen LogP contribution in [0.15, 0.2) is 59.5 Å². The number of nitrogens with zero attached hydrogens (tertiary/aromatic N) is 1. The van der Waals surface area contributed by atoms with Gasteiger partial charge in [0, 0.05) is 6.54 Å². The fraction of sp³-hybridized carbons (Fsp3) is 0.381. The van der Waals surface area contributed by atoms with Crippen LogP contribution in [0.2, 0.25) is 0 Å². The van der Waals surface area contributed by atoms with Crippen LogP contribution in [0.4, 0.5) is 0 Å². The molecule has 156 valence electrons. The van der Waals surface area contributed by atoms with E-state index in [2.05, 4.69) is 4.72 Å². The second-order valence-corrected chi connectivity index (χ2v) is 8.82. The average molecular weight is 419 g/mol. The molecular formula is C21H26N2O5S. The molecule has 0 aromatic heterocycles. The minimum atomic E-state index is -3.81. The number of sulfonamides is 1. The summed E-state index contributed by atoms with van der Waals surface area (Å²) in [7, 11) is -3.81. The van der Waals surface area contributed by atoms with Crippen molar-refractivity contribution >= 4 is 16.0 Å². The van der Waals surface area contributed by atoms with Gasteiger partial charge in [-0.05, 0) is 55.8 Å². The van der Waals surface area contributed by atoms with E-state index in [1.54, 1.807) is 12.1 Å². The highest BCUT2D eigenvalue weighted by molar-refractivity contribution is 7.89. The zero-order valence-electron chi connectivity index (χ0n) is 16.2. The summed E-state index contributed by atoms with van der Waals surface area (Å²) >= 11 is 0. The summed E-state index contributed by atoms with van der Waals surface area (Å²) in [6.45, 7) is 1.57. The first-order valence-corrected chi connectivity index (χ1v) is 11.2. The lowest BCUT2D eigenvalue weighted by Crippen LogP contribution is -2.50. The number of hydrogen-bond donors (Lipinski definition) is 2. The van der Waals surface area contributed by atoms with Crippen LogP contribution in [0, 0.1) is 0 Å². The molecule has 1 atom stereocenters. The van der Waals surface area contributed by atoms with Crippen LogP contribution in [-0.2, 0) is 21.4 Å². The molecule has 0 saturated carbocycles. The number of carboxylic acids is 1. The molecule has 1 heterocycles. The molecule has 0 spiro atoms. The van der Waals surface area contributed by atoms with Gasteiger partial charge in [0.15, 0.2) is 0 Å². The topological polar surface area (TPSA) is 95.9 Å². The monoisotopic (exact) mass is 418 g/mol. The van der Waals surface area contributed by atoms with Crippen molar-refractivity contribution in [2.75, 3.05) is 19.6 Å². The van der Waals surface area contributed by atoms with Crippen molar-refractivity contribution in [1.82, 2.24) is 9.62 Å². The van der Waals surface area contributed by atoms with Crippen LogP contribution in [-0.4, -0.2) is 50.1 Å². The largest absolute Gasteiger partial charge is 0.489 e. The lowest BCUT2D eigenvalue weighted by atomic mass is 10.1. The summed E-state index contributed by atoms with van der Waals surface area (Å²) in [5.74, 6) is -0.455. The van der Waals surface area contributed by atoms with Gasteiger partial charge in [-0.15, -0.1) is 0 Å². The molecule has 1 saturated heterocycles. The third kappa shape index (κ3) is 6.03. The van der Waals surface area contributed by atoms with Crippen LogP contribution in [0.1, 0.15) is 24.8 Å². The highest BCUT2D eigenvalue weighted by Crippen LogP contribution is 2.18. The summed E-state index contributed by atoms with van der Waals surface area (Å²) < 4.78 is 33.2. The van der Waals surface area contributed by atoms with E-state index < -0.39 is 22.0 Å². The van der Waals surface area contributed by atoms with Gasteiger partial charge in [0.05, 0.1) is 4.90 Å². The zero-order valence-corrected chi connectivity index (χ0v) is 17.0. The molecule has 8 heteroatoms. The Hall–Kier alpha value is -2.42. The lowest BCUT2D eigenvalue weighted by Gasteiger charge is -2.31. The molecule has 1 unspecified atom stereocenters. The van der Waals surface area contributed by atoms with Gasteiger partial charge >= 0.3 is 5.97 Å². The van der Waals surface area contributed by atoms with Crippen molar-refractivity contribution in [2.45, 2.75) is 36.8 Å². The number of carboxylic acid groups (broad SMARTS) is 1. The predicted molar refractivity (Wildman–Crippen MR) is 109 cm³/mol. The molecule has 29 heavy (non-hydrogen) atoms. The highest BCUT2D eigenvalue weighted by atomic mass is 32.2. The van der Waals surface area contributed by atoms with Crippen LogP contribution in [0.5, 0.6) is 5.75 Å². The smallest absolute Gasteiger partial charge is 0.322 e. The number of ether oxygens (including phenoxy) is 1. The van der Waals surface area contributed by atoms with Crippen LogP contribution < -0.4 is 9.46 Å². The SMILES string of the molecule is O=C(O)C(CNS(=O)(=O)c1ccc(OCc2ccccc2)cc1)N1CCCCC1. The van der Waals surface area contributed by atoms with E-state index in [9.17, 15) is 18.3 Å². The molecule has 3 rings (SSSR count). The van der Waals surface area contributed by atoms with Crippen molar-refractivity contribution in [3.63, 3.8) is 0 Å². The molecule has 7 nitrogen and oxygen atoms in total. The Morgan fingerprint density at radius 2 is 1.69 bits per heavy atom. The van der Waals surface area contributed by atoms with Crippen molar-refractivity contribution in [2.24, 2.45) is 0 Å². The number of benzene rings is 2. The van der Waals surface area contributed by atoms with Crippen LogP contribution >= 0.6 is 0 Å². The number of carbonyl (C=O) groups is 1. The van der Waals surface area contributed by atoms with Crippen molar-refractivity contribution in [3.05, 3.63) is 60.2 Å². The first-order valence-electron chi connectivity index (χ1n) is 9.69. The zero-order chi connectivity index (χ0) is 20.7. The summed E-state index contributed by atoms with van der Waals surface area (Å²) in [5.41, 5.74) is 1.02. The van der Waals surface area contributed by atoms with E-state index in [-0.39, 0.29) is 11.4 Å². The lowest BCUT2D eigenvalue weighted by molar-refractivity contribution is -0.143. The fourth-order valence-electron chi connectivity index (χ4n) is 3.33. The maximum atomic E-state index is 12.6. The van der Waals surface area contributed by atoms with Gasteiger partial charge in [-0.3, -0.25) is 9.69 Å². The first kappa shape index (κ1) is 21.3. The van der Waals surface area contributed by atoms with E-state index in [1.165, 1.54) is 12.1 Å². The Morgan fingerprint density at radius 3 is 2.31 bits per heavy atom. The van der Waals surface area contributed by atoms with E-state index in [0.29, 0.717) is 25.4 Å². The van der Waals surface area contributed by atoms with Crippen LogP contribution in [0.25, 0.3) is 0 Å². The van der Waals surface area contributed by atoms with Gasteiger partial charge in [-0.25, -0.2) is 13.1 Å². The number of likely N-dealkylation sites (tertiary alicyclic amines) is 1. The predicted octanol–water partition coefficient (Wildman–Crippen LogP) is 2.48.